The zero-order valence-corrected chi connectivity index (χ0v) is 13.3. The van der Waals surface area contributed by atoms with Gasteiger partial charge in [-0.25, -0.2) is 0 Å². The van der Waals surface area contributed by atoms with Crippen LogP contribution in [0.3, 0.4) is 0 Å². The molecule has 14 heavy (non-hydrogen) atoms. The van der Waals surface area contributed by atoms with E-state index in [1.807, 2.05) is 27.7 Å². The highest BCUT2D eigenvalue weighted by atomic mass is 127. The minimum atomic E-state index is -0.328. The molecule has 0 fully saturated rings. The average Bonchev–Trinajstić information content (AvgIpc) is 2.22. The first-order chi connectivity index (χ1) is 6.30. The highest BCUT2D eigenvalue weighted by Crippen LogP contribution is 2.45. The van der Waals surface area contributed by atoms with Crippen LogP contribution in [0.1, 0.15) is 27.7 Å². The zero-order chi connectivity index (χ0) is 11.1. The van der Waals surface area contributed by atoms with Crippen molar-refractivity contribution >= 4 is 45.2 Å². The molecule has 0 aliphatic carbocycles. The molecule has 1 aliphatic heterocycles. The summed E-state index contributed by atoms with van der Waals surface area (Å²) in [6.45, 7) is 8.09. The summed E-state index contributed by atoms with van der Waals surface area (Å²) in [5.41, 5.74) is 1.97. The van der Waals surface area contributed by atoms with Gasteiger partial charge in [-0.2, -0.15) is 0 Å². The van der Waals surface area contributed by atoms with E-state index in [1.54, 1.807) is 0 Å². The molecule has 0 saturated carbocycles. The molecule has 0 bridgehead atoms. The quantitative estimate of drug-likeness (QED) is 0.382. The van der Waals surface area contributed by atoms with Gasteiger partial charge in [0.25, 0.3) is 0 Å². The molecule has 2 nitrogen and oxygen atoms in total. The fraction of sp³-hybridized carbons (Fsp3) is 0.800. The average molecular weight is 420 g/mol. The Kier molecular flexibility index (Phi) is 3.93. The molecule has 0 saturated heterocycles. The normalized spacial score (nSPS) is 25.9. The highest BCUT2D eigenvalue weighted by molar-refractivity contribution is 14.1. The van der Waals surface area contributed by atoms with Gasteiger partial charge in [0.05, 0.1) is 11.1 Å². The molecular formula is C10H16I2NO. The van der Waals surface area contributed by atoms with Crippen molar-refractivity contribution in [3.63, 3.8) is 0 Å². The molecule has 0 spiro atoms. The lowest BCUT2D eigenvalue weighted by molar-refractivity contribution is -0.239. The summed E-state index contributed by atoms with van der Waals surface area (Å²) < 4.78 is 1.90. The van der Waals surface area contributed by atoms with Crippen molar-refractivity contribution in [1.82, 2.24) is 5.06 Å². The molecule has 0 aromatic heterocycles. The monoisotopic (exact) mass is 420 g/mol. The third kappa shape index (κ3) is 1.76. The Bertz CT molecular complexity index is 245. The van der Waals surface area contributed by atoms with E-state index in [4.69, 9.17) is 0 Å². The van der Waals surface area contributed by atoms with E-state index in [1.165, 1.54) is 16.2 Å². The molecule has 0 amide bonds. The second-order valence-corrected chi connectivity index (χ2v) is 6.16. The first-order valence-electron chi connectivity index (χ1n) is 4.62. The van der Waals surface area contributed by atoms with Crippen LogP contribution in [0.2, 0.25) is 0 Å². The molecule has 1 aliphatic rings. The van der Waals surface area contributed by atoms with Crippen molar-refractivity contribution in [2.24, 2.45) is 0 Å². The predicted molar refractivity (Wildman–Crippen MR) is 75.5 cm³/mol. The molecule has 0 unspecified atom stereocenters. The Labute approximate surface area is 113 Å². The number of hydroxylamine groups is 2. The minimum Gasteiger partial charge on any atom is -0.136 e. The molecule has 0 atom stereocenters. The lowest BCUT2D eigenvalue weighted by Crippen LogP contribution is -2.47. The van der Waals surface area contributed by atoms with Crippen molar-refractivity contribution < 1.29 is 5.21 Å². The Morgan fingerprint density at radius 2 is 1.29 bits per heavy atom. The maximum Gasteiger partial charge on any atom is 0.0666 e. The molecule has 1 heterocycles. The molecule has 1 radical (unpaired) electrons. The maximum atomic E-state index is 12.2. The molecule has 4 heteroatoms. The highest BCUT2D eigenvalue weighted by Gasteiger charge is 2.50. The molecule has 0 N–H and O–H groups in total. The summed E-state index contributed by atoms with van der Waals surface area (Å²) in [5.74, 6) is 0. The molecular weight excluding hydrogens is 404 g/mol. The van der Waals surface area contributed by atoms with Gasteiger partial charge in [0.15, 0.2) is 0 Å². The molecule has 0 aromatic carbocycles. The van der Waals surface area contributed by atoms with Crippen LogP contribution in [0, 0.1) is 0 Å². The fourth-order valence-corrected chi connectivity index (χ4v) is 4.96. The Hall–Kier alpha value is 1.12. The van der Waals surface area contributed by atoms with Crippen LogP contribution in [0.5, 0.6) is 0 Å². The molecule has 0 aromatic rings. The van der Waals surface area contributed by atoms with Gasteiger partial charge in [-0.15, -0.1) is 10.3 Å². The van der Waals surface area contributed by atoms with Crippen molar-refractivity contribution in [1.29, 1.82) is 0 Å². The van der Waals surface area contributed by atoms with E-state index in [2.05, 4.69) is 45.2 Å². The van der Waals surface area contributed by atoms with E-state index in [0.717, 1.165) is 8.86 Å². The van der Waals surface area contributed by atoms with Gasteiger partial charge in [-0.1, -0.05) is 45.2 Å². The largest absolute Gasteiger partial charge is 0.136 e. The second-order valence-electron chi connectivity index (χ2n) is 4.64. The SMILES string of the molecule is CC1(C)C(CI)=C(CI)C(C)(C)N1[O]. The molecule has 1 rings (SSSR count). The van der Waals surface area contributed by atoms with Crippen LogP contribution in [-0.4, -0.2) is 25.0 Å². The van der Waals surface area contributed by atoms with Crippen molar-refractivity contribution in [3.05, 3.63) is 11.1 Å². The lowest BCUT2D eigenvalue weighted by atomic mass is 9.93. The Morgan fingerprint density at radius 3 is 1.50 bits per heavy atom. The van der Waals surface area contributed by atoms with Gasteiger partial charge >= 0.3 is 0 Å². The van der Waals surface area contributed by atoms with Crippen molar-refractivity contribution in [2.45, 2.75) is 38.8 Å². The Morgan fingerprint density at radius 1 is 1.00 bits per heavy atom. The van der Waals surface area contributed by atoms with Crippen LogP contribution < -0.4 is 0 Å². The van der Waals surface area contributed by atoms with Gasteiger partial charge in [-0.05, 0) is 38.8 Å². The van der Waals surface area contributed by atoms with Gasteiger partial charge in [0.2, 0.25) is 0 Å². The summed E-state index contributed by atoms with van der Waals surface area (Å²) in [6, 6.07) is 0. The third-order valence-electron chi connectivity index (χ3n) is 3.12. The van der Waals surface area contributed by atoms with Crippen LogP contribution in [0.4, 0.5) is 0 Å². The van der Waals surface area contributed by atoms with Crippen LogP contribution in [0.15, 0.2) is 11.1 Å². The first-order valence-corrected chi connectivity index (χ1v) is 7.67. The number of hydrogen-bond donors (Lipinski definition) is 0. The summed E-state index contributed by atoms with van der Waals surface area (Å²) in [6.07, 6.45) is 0. The minimum absolute atomic E-state index is 0.328. The number of rotatable bonds is 2. The standard InChI is InChI=1S/C10H16I2NO/c1-9(2)7(5-11)8(6-12)10(3,4)13(9)14/h5-6H2,1-4H3. The van der Waals surface area contributed by atoms with Gasteiger partial charge in [0.1, 0.15) is 0 Å². The Balaban J connectivity index is 3.28. The topological polar surface area (TPSA) is 23.1 Å². The fourth-order valence-electron chi connectivity index (χ4n) is 2.17. The smallest absolute Gasteiger partial charge is 0.0666 e. The summed E-state index contributed by atoms with van der Waals surface area (Å²) in [7, 11) is 0. The summed E-state index contributed by atoms with van der Waals surface area (Å²) in [5, 5.41) is 13.4. The van der Waals surface area contributed by atoms with E-state index in [-0.39, 0.29) is 11.1 Å². The van der Waals surface area contributed by atoms with Crippen LogP contribution >= 0.6 is 45.2 Å². The van der Waals surface area contributed by atoms with E-state index in [0.29, 0.717) is 0 Å². The van der Waals surface area contributed by atoms with Gasteiger partial charge in [0, 0.05) is 8.86 Å². The van der Waals surface area contributed by atoms with Gasteiger partial charge in [-0.3, -0.25) is 0 Å². The van der Waals surface area contributed by atoms with Crippen LogP contribution in [0.25, 0.3) is 0 Å². The summed E-state index contributed by atoms with van der Waals surface area (Å²) >= 11 is 4.71. The number of halogens is 2. The number of alkyl halides is 2. The summed E-state index contributed by atoms with van der Waals surface area (Å²) in [4.78, 5) is 0. The lowest BCUT2D eigenvalue weighted by Gasteiger charge is -2.34. The van der Waals surface area contributed by atoms with E-state index < -0.39 is 0 Å². The molecule has 81 valence electrons. The predicted octanol–water partition coefficient (Wildman–Crippen LogP) is 3.37. The first kappa shape index (κ1) is 13.2. The van der Waals surface area contributed by atoms with E-state index in [9.17, 15) is 5.21 Å². The number of nitrogens with zero attached hydrogens (tertiary/aromatic N) is 1. The van der Waals surface area contributed by atoms with Crippen LogP contribution in [-0.2, 0) is 5.21 Å². The van der Waals surface area contributed by atoms with Crippen molar-refractivity contribution in [3.8, 4) is 0 Å². The van der Waals surface area contributed by atoms with Crippen molar-refractivity contribution in [2.75, 3.05) is 8.86 Å². The zero-order valence-electron chi connectivity index (χ0n) is 9.03. The van der Waals surface area contributed by atoms with E-state index >= 15 is 0 Å². The third-order valence-corrected chi connectivity index (χ3v) is 4.65. The maximum absolute atomic E-state index is 12.2. The second kappa shape index (κ2) is 4.18. The van der Waals surface area contributed by atoms with Gasteiger partial charge < -0.3 is 0 Å². The number of hydrogen-bond acceptors (Lipinski definition) is 1.